The van der Waals surface area contributed by atoms with E-state index >= 15 is 0 Å². The number of nitrogens with zero attached hydrogens (tertiary/aromatic N) is 2. The summed E-state index contributed by atoms with van der Waals surface area (Å²) >= 11 is 0. The molecule has 0 saturated carbocycles. The number of rotatable bonds is 6. The summed E-state index contributed by atoms with van der Waals surface area (Å²) in [7, 11) is 1.21. The molecule has 0 aliphatic rings. The normalized spacial score (nSPS) is 13.0. The van der Waals surface area contributed by atoms with Crippen molar-refractivity contribution < 1.29 is 41.0 Å². The van der Waals surface area contributed by atoms with Gasteiger partial charge in [0.2, 0.25) is 0 Å². The zero-order valence-electron chi connectivity index (χ0n) is 16.9. The van der Waals surface area contributed by atoms with Crippen LogP contribution >= 0.6 is 0 Å². The van der Waals surface area contributed by atoms with Crippen LogP contribution in [0.25, 0.3) is 5.69 Å². The van der Waals surface area contributed by atoms with Crippen molar-refractivity contribution in [2.75, 3.05) is 13.7 Å². The molecule has 0 fully saturated rings. The van der Waals surface area contributed by atoms with E-state index in [9.17, 15) is 36.2 Å². The minimum absolute atomic E-state index is 0.00122. The van der Waals surface area contributed by atoms with Crippen molar-refractivity contribution in [3.8, 4) is 11.4 Å². The van der Waals surface area contributed by atoms with Crippen LogP contribution in [0.2, 0.25) is 0 Å². The first kappa shape index (κ1) is 24.1. The van der Waals surface area contributed by atoms with Crippen molar-refractivity contribution in [3.63, 3.8) is 0 Å². The molecule has 0 aliphatic heterocycles. The number of benzene rings is 2. The Kier molecular flexibility index (Phi) is 6.68. The fraction of sp³-hybridized carbons (Fsp3) is 0.238. The van der Waals surface area contributed by atoms with E-state index in [-0.39, 0.29) is 17.1 Å². The van der Waals surface area contributed by atoms with Crippen LogP contribution in [0.5, 0.6) is 5.75 Å². The predicted molar refractivity (Wildman–Crippen MR) is 104 cm³/mol. The van der Waals surface area contributed by atoms with Crippen molar-refractivity contribution >= 4 is 5.91 Å². The summed E-state index contributed by atoms with van der Waals surface area (Å²) in [4.78, 5) is 12.5. The second-order valence-electron chi connectivity index (χ2n) is 6.85. The summed E-state index contributed by atoms with van der Waals surface area (Å²) in [5.41, 5.74) is -2.72. The van der Waals surface area contributed by atoms with E-state index < -0.39 is 47.6 Å². The van der Waals surface area contributed by atoms with Gasteiger partial charge in [0.25, 0.3) is 5.91 Å². The molecule has 1 amide bonds. The van der Waals surface area contributed by atoms with Gasteiger partial charge in [0.15, 0.2) is 11.4 Å². The van der Waals surface area contributed by atoms with E-state index in [0.29, 0.717) is 0 Å². The number of aliphatic hydroxyl groups excluding tert-OH is 1. The van der Waals surface area contributed by atoms with Gasteiger partial charge in [-0.15, -0.1) is 0 Å². The SMILES string of the molecule is COc1cn(-c2cccc(C(F)(F)F)c2)nc1C(=O)NCC(O)c1ccccc1C(F)(F)F. The average molecular weight is 473 g/mol. The third-order valence-electron chi connectivity index (χ3n) is 4.63. The summed E-state index contributed by atoms with van der Waals surface area (Å²) < 4.78 is 84.4. The first-order valence-electron chi connectivity index (χ1n) is 9.35. The Morgan fingerprint density at radius 1 is 1.09 bits per heavy atom. The fourth-order valence-electron chi connectivity index (χ4n) is 3.05. The van der Waals surface area contributed by atoms with Crippen LogP contribution < -0.4 is 10.1 Å². The summed E-state index contributed by atoms with van der Waals surface area (Å²) in [6, 6.07) is 8.58. The number of aliphatic hydroxyl groups is 1. The first-order valence-corrected chi connectivity index (χ1v) is 9.35. The van der Waals surface area contributed by atoms with Crippen molar-refractivity contribution in [2.24, 2.45) is 0 Å². The lowest BCUT2D eigenvalue weighted by Crippen LogP contribution is -2.30. The van der Waals surface area contributed by atoms with Gasteiger partial charge in [-0.25, -0.2) is 4.68 Å². The van der Waals surface area contributed by atoms with Gasteiger partial charge in [0.05, 0.1) is 36.2 Å². The molecule has 1 atom stereocenters. The molecule has 12 heteroatoms. The van der Waals surface area contributed by atoms with Gasteiger partial charge in [-0.2, -0.15) is 31.4 Å². The maximum atomic E-state index is 13.1. The number of aromatic nitrogens is 2. The Bertz CT molecular complexity index is 1140. The molecule has 176 valence electrons. The lowest BCUT2D eigenvalue weighted by atomic mass is 10.0. The fourth-order valence-corrected chi connectivity index (χ4v) is 3.05. The molecule has 33 heavy (non-hydrogen) atoms. The molecule has 0 bridgehead atoms. The molecular formula is C21H17F6N3O3. The third-order valence-corrected chi connectivity index (χ3v) is 4.63. The molecule has 0 radical (unpaired) electrons. The van der Waals surface area contributed by atoms with Crippen molar-refractivity contribution in [2.45, 2.75) is 18.5 Å². The van der Waals surface area contributed by atoms with E-state index in [1.807, 2.05) is 0 Å². The Morgan fingerprint density at radius 3 is 2.42 bits per heavy atom. The Labute approximate surface area is 183 Å². The topological polar surface area (TPSA) is 76.4 Å². The number of hydrogen-bond acceptors (Lipinski definition) is 4. The number of ether oxygens (including phenoxy) is 1. The highest BCUT2D eigenvalue weighted by molar-refractivity contribution is 5.95. The third kappa shape index (κ3) is 5.45. The highest BCUT2D eigenvalue weighted by Gasteiger charge is 2.35. The van der Waals surface area contributed by atoms with E-state index in [0.717, 1.165) is 28.9 Å². The van der Waals surface area contributed by atoms with Crippen LogP contribution in [0.3, 0.4) is 0 Å². The standard InChI is InChI=1S/C21H17F6N3O3/c1-33-17-11-30(13-6-4-5-12(9-13)20(22,23)24)29-18(17)19(32)28-10-16(31)14-7-2-3-8-15(14)21(25,26)27/h2-9,11,16,31H,10H2,1H3,(H,28,32). The summed E-state index contributed by atoms with van der Waals surface area (Å²) in [5.74, 6) is -0.990. The number of amides is 1. The molecule has 2 aromatic carbocycles. The van der Waals surface area contributed by atoms with Crippen molar-refractivity contribution in [1.82, 2.24) is 15.1 Å². The number of alkyl halides is 6. The summed E-state index contributed by atoms with van der Waals surface area (Å²) in [5, 5.41) is 16.4. The van der Waals surface area contributed by atoms with Gasteiger partial charge in [-0.05, 0) is 29.8 Å². The molecule has 1 heterocycles. The highest BCUT2D eigenvalue weighted by atomic mass is 19.4. The molecule has 1 aromatic heterocycles. The molecule has 6 nitrogen and oxygen atoms in total. The van der Waals surface area contributed by atoms with Crippen molar-refractivity contribution in [3.05, 3.63) is 77.1 Å². The van der Waals surface area contributed by atoms with Gasteiger partial charge in [-0.1, -0.05) is 24.3 Å². The van der Waals surface area contributed by atoms with E-state index in [4.69, 9.17) is 4.74 Å². The first-order chi connectivity index (χ1) is 15.4. The van der Waals surface area contributed by atoms with Crippen molar-refractivity contribution in [1.29, 1.82) is 0 Å². The summed E-state index contributed by atoms with van der Waals surface area (Å²) in [6.45, 7) is -0.578. The van der Waals surface area contributed by atoms with Crippen LogP contribution in [-0.2, 0) is 12.4 Å². The number of halogens is 6. The Hall–Kier alpha value is -3.54. The van der Waals surface area contributed by atoms with E-state index in [2.05, 4.69) is 10.4 Å². The van der Waals surface area contributed by atoms with Crippen LogP contribution in [0, 0.1) is 0 Å². The molecule has 0 spiro atoms. The summed E-state index contributed by atoms with van der Waals surface area (Å²) in [6.07, 6.45) is -9.78. The number of carbonyl (C=O) groups excluding carboxylic acids is 1. The molecule has 0 aliphatic carbocycles. The van der Waals surface area contributed by atoms with E-state index in [1.165, 1.54) is 37.6 Å². The van der Waals surface area contributed by atoms with Crippen LogP contribution in [0.1, 0.15) is 33.3 Å². The molecule has 0 saturated heterocycles. The van der Waals surface area contributed by atoms with Gasteiger partial charge in [-0.3, -0.25) is 4.79 Å². The number of hydrogen-bond donors (Lipinski definition) is 2. The van der Waals surface area contributed by atoms with Crippen LogP contribution in [0.15, 0.2) is 54.7 Å². The minimum Gasteiger partial charge on any atom is -0.493 e. The Morgan fingerprint density at radius 2 is 1.79 bits per heavy atom. The Balaban J connectivity index is 1.80. The smallest absolute Gasteiger partial charge is 0.416 e. The maximum Gasteiger partial charge on any atom is 0.416 e. The highest BCUT2D eigenvalue weighted by Crippen LogP contribution is 2.34. The molecule has 3 aromatic rings. The zero-order chi connectivity index (χ0) is 24.4. The molecule has 1 unspecified atom stereocenters. The number of nitrogens with one attached hydrogen (secondary N) is 1. The van der Waals surface area contributed by atoms with Gasteiger partial charge in [0.1, 0.15) is 0 Å². The van der Waals surface area contributed by atoms with Gasteiger partial charge < -0.3 is 15.2 Å². The number of methoxy groups -OCH3 is 1. The van der Waals surface area contributed by atoms with Gasteiger partial charge >= 0.3 is 12.4 Å². The van der Waals surface area contributed by atoms with Gasteiger partial charge in [0, 0.05) is 6.54 Å². The quantitative estimate of drug-likeness (QED) is 0.521. The zero-order valence-corrected chi connectivity index (χ0v) is 16.9. The largest absolute Gasteiger partial charge is 0.493 e. The van der Waals surface area contributed by atoms with Crippen LogP contribution in [-0.4, -0.2) is 34.4 Å². The second-order valence-corrected chi connectivity index (χ2v) is 6.85. The maximum absolute atomic E-state index is 13.1. The lowest BCUT2D eigenvalue weighted by molar-refractivity contribution is -0.139. The van der Waals surface area contributed by atoms with E-state index in [1.54, 1.807) is 0 Å². The number of carbonyl (C=O) groups is 1. The molecule has 3 rings (SSSR count). The minimum atomic E-state index is -4.70. The molecular weight excluding hydrogens is 456 g/mol. The average Bonchev–Trinajstić information content (AvgIpc) is 3.21. The second kappa shape index (κ2) is 9.14. The van der Waals surface area contributed by atoms with Crippen LogP contribution in [0.4, 0.5) is 26.3 Å². The monoisotopic (exact) mass is 473 g/mol. The predicted octanol–water partition coefficient (Wildman–Crippen LogP) is 4.38. The lowest BCUT2D eigenvalue weighted by Gasteiger charge is -2.17. The molecule has 2 N–H and O–H groups in total.